The number of carbonyl (C=O) groups excluding carboxylic acids is 1. The number of anilines is 1. The maximum Gasteiger partial charge on any atom is 0.259 e. The highest BCUT2D eigenvalue weighted by atomic mass is 35.5. The molecule has 0 fully saturated rings. The zero-order chi connectivity index (χ0) is 22.9. The molecule has 0 aliphatic carbocycles. The molecule has 4 rings (SSSR count). The monoisotopic (exact) mass is 490 g/mol. The van der Waals surface area contributed by atoms with Crippen molar-refractivity contribution in [3.05, 3.63) is 69.2 Å². The summed E-state index contributed by atoms with van der Waals surface area (Å²) in [4.78, 5) is 12.9. The maximum absolute atomic E-state index is 13.3. The molecule has 1 aliphatic rings. The van der Waals surface area contributed by atoms with E-state index in [4.69, 9.17) is 11.6 Å². The first kappa shape index (κ1) is 22.8. The number of fused-ring (bicyclic) bond motifs is 1. The molecule has 0 bridgehead atoms. The molecule has 2 heterocycles. The van der Waals surface area contributed by atoms with Gasteiger partial charge in [0, 0.05) is 19.5 Å². The molecular formula is C22H23ClN4O3S2. The number of aromatic nitrogens is 2. The fourth-order valence-corrected chi connectivity index (χ4v) is 6.16. The summed E-state index contributed by atoms with van der Waals surface area (Å²) in [5.74, 6) is -0.104. The highest BCUT2D eigenvalue weighted by Gasteiger charge is 2.29. The van der Waals surface area contributed by atoms with Gasteiger partial charge >= 0.3 is 0 Å². The van der Waals surface area contributed by atoms with E-state index in [2.05, 4.69) is 29.4 Å². The van der Waals surface area contributed by atoms with Gasteiger partial charge in [0.1, 0.15) is 5.01 Å². The minimum Gasteiger partial charge on any atom is -0.296 e. The van der Waals surface area contributed by atoms with Crippen LogP contribution in [0.15, 0.2) is 47.4 Å². The van der Waals surface area contributed by atoms with Crippen molar-refractivity contribution in [2.45, 2.75) is 38.1 Å². The van der Waals surface area contributed by atoms with Crippen molar-refractivity contribution in [3.63, 3.8) is 0 Å². The van der Waals surface area contributed by atoms with E-state index in [0.717, 1.165) is 22.6 Å². The minimum absolute atomic E-state index is 0.0317. The van der Waals surface area contributed by atoms with Crippen molar-refractivity contribution >= 4 is 44.0 Å². The lowest BCUT2D eigenvalue weighted by atomic mass is 10.0. The van der Waals surface area contributed by atoms with Crippen molar-refractivity contribution in [3.8, 4) is 0 Å². The number of carbonyl (C=O) groups is 1. The molecule has 1 aromatic heterocycles. The Labute approximate surface area is 196 Å². The van der Waals surface area contributed by atoms with Crippen molar-refractivity contribution in [1.29, 1.82) is 0 Å². The van der Waals surface area contributed by atoms with Crippen LogP contribution >= 0.6 is 22.9 Å². The van der Waals surface area contributed by atoms with E-state index in [1.54, 1.807) is 0 Å². The summed E-state index contributed by atoms with van der Waals surface area (Å²) in [5.41, 5.74) is 2.22. The SMILES string of the molecule is CC(C)Cc1nnc(NC(=O)c2cc(S(=O)(=O)N3CCc4ccccc4C3)ccc2Cl)s1. The average molecular weight is 491 g/mol. The second kappa shape index (κ2) is 9.27. The lowest BCUT2D eigenvalue weighted by Crippen LogP contribution is -2.36. The molecule has 32 heavy (non-hydrogen) atoms. The molecule has 1 aliphatic heterocycles. The molecule has 3 aromatic rings. The van der Waals surface area contributed by atoms with E-state index in [9.17, 15) is 13.2 Å². The third kappa shape index (κ3) is 4.85. The maximum atomic E-state index is 13.3. The predicted octanol–water partition coefficient (Wildman–Crippen LogP) is 4.39. The van der Waals surface area contributed by atoms with E-state index < -0.39 is 15.9 Å². The van der Waals surface area contributed by atoms with Crippen LogP contribution in [0, 0.1) is 5.92 Å². The van der Waals surface area contributed by atoms with E-state index >= 15 is 0 Å². The number of hydrogen-bond donors (Lipinski definition) is 1. The van der Waals surface area contributed by atoms with Crippen LogP contribution in [0.4, 0.5) is 5.13 Å². The Kier molecular flexibility index (Phi) is 6.62. The summed E-state index contributed by atoms with van der Waals surface area (Å²) in [6.07, 6.45) is 1.41. The van der Waals surface area contributed by atoms with Gasteiger partial charge in [0.05, 0.1) is 15.5 Å². The highest BCUT2D eigenvalue weighted by Crippen LogP contribution is 2.28. The summed E-state index contributed by atoms with van der Waals surface area (Å²) in [5, 5.41) is 12.1. The molecule has 10 heteroatoms. The lowest BCUT2D eigenvalue weighted by Gasteiger charge is -2.28. The molecule has 0 saturated heterocycles. The standard InChI is InChI=1S/C22H23ClN4O3S2/c1-14(2)11-20-25-26-22(31-20)24-21(28)18-12-17(7-8-19(18)23)32(29,30)27-10-9-15-5-3-4-6-16(15)13-27/h3-8,12,14H,9-11,13H2,1-2H3,(H,24,26,28). The molecule has 0 unspecified atom stereocenters. The molecular weight excluding hydrogens is 468 g/mol. The van der Waals surface area contributed by atoms with Crippen molar-refractivity contribution in [2.24, 2.45) is 5.92 Å². The van der Waals surface area contributed by atoms with Gasteiger partial charge in [-0.1, -0.05) is 61.1 Å². The van der Waals surface area contributed by atoms with E-state index in [1.165, 1.54) is 33.8 Å². The first-order valence-corrected chi connectivity index (χ1v) is 12.9. The second-order valence-corrected chi connectivity index (χ2v) is 11.5. The number of rotatable bonds is 6. The number of amides is 1. The van der Waals surface area contributed by atoms with Crippen molar-refractivity contribution in [1.82, 2.24) is 14.5 Å². The quantitative estimate of drug-likeness (QED) is 0.553. The second-order valence-electron chi connectivity index (χ2n) is 8.05. The number of sulfonamides is 1. The topological polar surface area (TPSA) is 92.3 Å². The Morgan fingerprint density at radius 2 is 1.94 bits per heavy atom. The van der Waals surface area contributed by atoms with Crippen molar-refractivity contribution in [2.75, 3.05) is 11.9 Å². The van der Waals surface area contributed by atoms with Gasteiger partial charge in [-0.25, -0.2) is 8.42 Å². The van der Waals surface area contributed by atoms with Gasteiger partial charge in [-0.05, 0) is 41.7 Å². The van der Waals surface area contributed by atoms with Crippen LogP contribution in [-0.2, 0) is 29.4 Å². The van der Waals surface area contributed by atoms with Crippen LogP contribution < -0.4 is 5.32 Å². The molecule has 168 valence electrons. The fraction of sp³-hybridized carbons (Fsp3) is 0.318. The molecule has 7 nitrogen and oxygen atoms in total. The smallest absolute Gasteiger partial charge is 0.259 e. The number of hydrogen-bond acceptors (Lipinski definition) is 6. The normalized spacial score (nSPS) is 14.4. The van der Waals surface area contributed by atoms with Gasteiger partial charge in [0.2, 0.25) is 15.2 Å². The number of halogens is 1. The zero-order valence-electron chi connectivity index (χ0n) is 17.7. The first-order chi connectivity index (χ1) is 15.2. The lowest BCUT2D eigenvalue weighted by molar-refractivity contribution is 0.102. The zero-order valence-corrected chi connectivity index (χ0v) is 20.1. The summed E-state index contributed by atoms with van der Waals surface area (Å²) in [6, 6.07) is 12.0. The first-order valence-electron chi connectivity index (χ1n) is 10.2. The molecule has 2 aromatic carbocycles. The highest BCUT2D eigenvalue weighted by molar-refractivity contribution is 7.89. The molecule has 0 spiro atoms. The van der Waals surface area contributed by atoms with Gasteiger partial charge in [-0.15, -0.1) is 10.2 Å². The summed E-state index contributed by atoms with van der Waals surface area (Å²) in [6.45, 7) is 4.83. The van der Waals surface area contributed by atoms with Gasteiger partial charge in [-0.2, -0.15) is 4.31 Å². The number of benzene rings is 2. The average Bonchev–Trinajstić information content (AvgIpc) is 3.19. The third-order valence-electron chi connectivity index (χ3n) is 5.19. The van der Waals surface area contributed by atoms with Crippen LogP contribution in [0.2, 0.25) is 5.02 Å². The van der Waals surface area contributed by atoms with E-state index in [0.29, 0.717) is 30.6 Å². The van der Waals surface area contributed by atoms with Crippen LogP contribution in [0.1, 0.15) is 40.3 Å². The number of nitrogens with one attached hydrogen (secondary N) is 1. The van der Waals surface area contributed by atoms with Crippen LogP contribution in [0.25, 0.3) is 0 Å². The van der Waals surface area contributed by atoms with Crippen LogP contribution in [-0.4, -0.2) is 35.4 Å². The number of nitrogens with zero attached hydrogens (tertiary/aromatic N) is 3. The molecule has 1 amide bonds. The fourth-order valence-electron chi connectivity index (χ4n) is 3.56. The Balaban J connectivity index is 1.55. The molecule has 0 radical (unpaired) electrons. The molecule has 1 N–H and O–H groups in total. The van der Waals surface area contributed by atoms with Gasteiger partial charge in [0.25, 0.3) is 5.91 Å². The van der Waals surface area contributed by atoms with Gasteiger partial charge < -0.3 is 0 Å². The van der Waals surface area contributed by atoms with E-state index in [-0.39, 0.29) is 15.5 Å². The van der Waals surface area contributed by atoms with Crippen LogP contribution in [0.5, 0.6) is 0 Å². The van der Waals surface area contributed by atoms with Gasteiger partial charge in [0.15, 0.2) is 0 Å². The Morgan fingerprint density at radius 3 is 2.69 bits per heavy atom. The largest absolute Gasteiger partial charge is 0.296 e. The minimum atomic E-state index is -3.79. The summed E-state index contributed by atoms with van der Waals surface area (Å²) in [7, 11) is -3.79. The third-order valence-corrected chi connectivity index (χ3v) is 8.22. The summed E-state index contributed by atoms with van der Waals surface area (Å²) < 4.78 is 28.0. The Morgan fingerprint density at radius 1 is 1.19 bits per heavy atom. The molecule has 0 saturated carbocycles. The Hall–Kier alpha value is -2.33. The van der Waals surface area contributed by atoms with Crippen molar-refractivity contribution < 1.29 is 13.2 Å². The predicted molar refractivity (Wildman–Crippen MR) is 126 cm³/mol. The van der Waals surface area contributed by atoms with Crippen LogP contribution in [0.3, 0.4) is 0 Å². The van der Waals surface area contributed by atoms with E-state index in [1.807, 2.05) is 24.3 Å². The molecule has 0 atom stereocenters. The summed E-state index contributed by atoms with van der Waals surface area (Å²) >= 11 is 7.52. The van der Waals surface area contributed by atoms with Gasteiger partial charge in [-0.3, -0.25) is 10.1 Å². The Bertz CT molecular complexity index is 1260.